The molecular weight excluding hydrogens is 388 g/mol. The number of aryl methyl sites for hydroxylation is 1. The van der Waals surface area contributed by atoms with Crippen molar-refractivity contribution >= 4 is 22.9 Å². The Labute approximate surface area is 179 Å². The molecule has 0 spiro atoms. The molecule has 0 saturated heterocycles. The van der Waals surface area contributed by atoms with E-state index >= 15 is 0 Å². The predicted octanol–water partition coefficient (Wildman–Crippen LogP) is 4.59. The normalized spacial score (nSPS) is 11.0. The molecule has 0 radical (unpaired) electrons. The third-order valence-electron chi connectivity index (χ3n) is 5.20. The van der Waals surface area contributed by atoms with Crippen molar-refractivity contribution in [2.24, 2.45) is 5.10 Å². The molecule has 1 heterocycles. The topological polar surface area (TPSA) is 90.4 Å². The molecule has 1 amide bonds. The van der Waals surface area contributed by atoms with Crippen LogP contribution in [0.15, 0.2) is 71.8 Å². The van der Waals surface area contributed by atoms with Gasteiger partial charge in [0.1, 0.15) is 5.75 Å². The summed E-state index contributed by atoms with van der Waals surface area (Å²) in [4.78, 5) is 12.5. The lowest BCUT2D eigenvalue weighted by molar-refractivity contribution is 0.0952. The van der Waals surface area contributed by atoms with E-state index in [4.69, 9.17) is 5.26 Å². The van der Waals surface area contributed by atoms with Crippen LogP contribution in [0.1, 0.15) is 32.9 Å². The molecule has 4 rings (SSSR count). The van der Waals surface area contributed by atoms with Crippen LogP contribution in [0.5, 0.6) is 5.75 Å². The van der Waals surface area contributed by atoms with E-state index in [-0.39, 0.29) is 11.3 Å². The number of hydrogen-bond acceptors (Lipinski definition) is 4. The van der Waals surface area contributed by atoms with Crippen LogP contribution in [0.2, 0.25) is 0 Å². The van der Waals surface area contributed by atoms with E-state index in [1.54, 1.807) is 30.5 Å². The van der Waals surface area contributed by atoms with Crippen molar-refractivity contribution in [1.29, 1.82) is 5.26 Å². The van der Waals surface area contributed by atoms with Crippen LogP contribution in [-0.4, -0.2) is 21.8 Å². The van der Waals surface area contributed by atoms with Crippen molar-refractivity contribution in [2.75, 3.05) is 0 Å². The number of aromatic nitrogens is 1. The largest absolute Gasteiger partial charge is 0.507 e. The van der Waals surface area contributed by atoms with Gasteiger partial charge in [-0.15, -0.1) is 0 Å². The van der Waals surface area contributed by atoms with Crippen LogP contribution in [0.3, 0.4) is 0 Å². The fraction of sp³-hybridized carbons (Fsp3) is 0.0800. The number of benzene rings is 3. The average Bonchev–Trinajstić information content (AvgIpc) is 3.06. The molecule has 6 nitrogen and oxygen atoms in total. The molecule has 0 unspecified atom stereocenters. The molecule has 152 valence electrons. The third kappa shape index (κ3) is 3.89. The highest BCUT2D eigenvalue weighted by Gasteiger charge is 2.13. The van der Waals surface area contributed by atoms with Gasteiger partial charge in [0.25, 0.3) is 5.91 Å². The number of hydrogen-bond donors (Lipinski definition) is 2. The molecule has 0 atom stereocenters. The molecule has 2 N–H and O–H groups in total. The van der Waals surface area contributed by atoms with Crippen LogP contribution in [0.25, 0.3) is 16.5 Å². The van der Waals surface area contributed by atoms with Gasteiger partial charge in [0.2, 0.25) is 0 Å². The summed E-state index contributed by atoms with van der Waals surface area (Å²) < 4.78 is 2.06. The number of fused-ring (bicyclic) bond motifs is 1. The van der Waals surface area contributed by atoms with Gasteiger partial charge in [0, 0.05) is 22.6 Å². The minimum absolute atomic E-state index is 0.0922. The van der Waals surface area contributed by atoms with Gasteiger partial charge in [-0.25, -0.2) is 5.43 Å². The minimum Gasteiger partial charge on any atom is -0.507 e. The molecule has 0 aliphatic rings. The molecule has 0 aliphatic carbocycles. The number of carbonyl (C=O) groups excluding carboxylic acids is 1. The maximum atomic E-state index is 12.5. The number of rotatable bonds is 4. The Morgan fingerprint density at radius 3 is 2.42 bits per heavy atom. The number of amides is 1. The van der Waals surface area contributed by atoms with Crippen molar-refractivity contribution in [3.8, 4) is 17.5 Å². The number of carbonyl (C=O) groups is 1. The minimum atomic E-state index is -0.486. The lowest BCUT2D eigenvalue weighted by Gasteiger charge is -2.09. The van der Waals surface area contributed by atoms with Crippen LogP contribution < -0.4 is 5.43 Å². The van der Waals surface area contributed by atoms with Crippen molar-refractivity contribution in [3.05, 3.63) is 94.8 Å². The van der Waals surface area contributed by atoms with E-state index in [0.29, 0.717) is 5.56 Å². The van der Waals surface area contributed by atoms with Gasteiger partial charge in [-0.1, -0.05) is 24.3 Å². The Morgan fingerprint density at radius 1 is 1.06 bits per heavy atom. The van der Waals surface area contributed by atoms with Gasteiger partial charge in [-0.05, 0) is 67.1 Å². The molecule has 31 heavy (non-hydrogen) atoms. The molecule has 0 saturated carbocycles. The van der Waals surface area contributed by atoms with Crippen LogP contribution in [-0.2, 0) is 0 Å². The first-order valence-electron chi connectivity index (χ1n) is 9.72. The average molecular weight is 408 g/mol. The second kappa shape index (κ2) is 8.17. The second-order valence-corrected chi connectivity index (χ2v) is 7.24. The number of hydrazone groups is 1. The number of nitriles is 1. The summed E-state index contributed by atoms with van der Waals surface area (Å²) in [6.07, 6.45) is 1.58. The Bertz CT molecular complexity index is 1360. The number of phenolic OH excluding ortho intramolecular Hbond substituents is 1. The van der Waals surface area contributed by atoms with Gasteiger partial charge in [0.15, 0.2) is 0 Å². The molecule has 3 aromatic carbocycles. The van der Waals surface area contributed by atoms with E-state index in [0.717, 1.165) is 33.4 Å². The van der Waals surface area contributed by atoms with Gasteiger partial charge in [-0.2, -0.15) is 10.4 Å². The zero-order valence-corrected chi connectivity index (χ0v) is 17.1. The van der Waals surface area contributed by atoms with Crippen molar-refractivity contribution in [3.63, 3.8) is 0 Å². The first kappa shape index (κ1) is 19.9. The molecule has 1 aromatic heterocycles. The second-order valence-electron chi connectivity index (χ2n) is 7.24. The SMILES string of the molecule is Cc1cc(C=NNC(=O)c2cc3ccccc3cc2O)c(C)n1-c1ccc(C#N)cc1. The van der Waals surface area contributed by atoms with Crippen molar-refractivity contribution in [2.45, 2.75) is 13.8 Å². The van der Waals surface area contributed by atoms with E-state index in [1.165, 1.54) is 0 Å². The highest BCUT2D eigenvalue weighted by atomic mass is 16.3. The van der Waals surface area contributed by atoms with Crippen LogP contribution in [0.4, 0.5) is 0 Å². The Morgan fingerprint density at radius 2 is 1.74 bits per heavy atom. The fourth-order valence-corrected chi connectivity index (χ4v) is 3.63. The zero-order valence-electron chi connectivity index (χ0n) is 17.1. The summed E-state index contributed by atoms with van der Waals surface area (Å²) in [7, 11) is 0. The number of phenols is 1. The number of nitrogens with one attached hydrogen (secondary N) is 1. The summed E-state index contributed by atoms with van der Waals surface area (Å²) >= 11 is 0. The van der Waals surface area contributed by atoms with E-state index < -0.39 is 5.91 Å². The number of nitrogens with zero attached hydrogens (tertiary/aromatic N) is 3. The highest BCUT2D eigenvalue weighted by molar-refractivity contribution is 6.01. The molecule has 0 bridgehead atoms. The Kier molecular flexibility index (Phi) is 5.25. The first-order valence-corrected chi connectivity index (χ1v) is 9.72. The highest BCUT2D eigenvalue weighted by Crippen LogP contribution is 2.25. The standard InChI is InChI=1S/C25H20N4O2/c1-16-11-21(17(2)29(16)22-9-7-18(14-26)8-10-22)15-27-28-25(31)23-12-19-5-3-4-6-20(19)13-24(23)30/h3-13,15,30H,1-2H3,(H,28,31). The zero-order chi connectivity index (χ0) is 22.0. The smallest absolute Gasteiger partial charge is 0.275 e. The lowest BCUT2D eigenvalue weighted by atomic mass is 10.1. The fourth-order valence-electron chi connectivity index (χ4n) is 3.63. The van der Waals surface area contributed by atoms with E-state index in [9.17, 15) is 9.90 Å². The summed E-state index contributed by atoms with van der Waals surface area (Å²) in [5.74, 6) is -0.578. The Balaban J connectivity index is 1.55. The summed E-state index contributed by atoms with van der Waals surface area (Å²) in [6, 6.07) is 22.1. The van der Waals surface area contributed by atoms with Crippen molar-refractivity contribution in [1.82, 2.24) is 9.99 Å². The van der Waals surface area contributed by atoms with Crippen molar-refractivity contribution < 1.29 is 9.90 Å². The molecule has 0 fully saturated rings. The van der Waals surface area contributed by atoms with Crippen LogP contribution >= 0.6 is 0 Å². The van der Waals surface area contributed by atoms with Gasteiger partial charge in [-0.3, -0.25) is 4.79 Å². The molecular formula is C25H20N4O2. The van der Waals surface area contributed by atoms with Gasteiger partial charge >= 0.3 is 0 Å². The van der Waals surface area contributed by atoms with Crippen LogP contribution in [0, 0.1) is 25.2 Å². The summed E-state index contributed by atoms with van der Waals surface area (Å²) in [5, 5.41) is 25.0. The van der Waals surface area contributed by atoms with E-state index in [1.807, 2.05) is 56.3 Å². The maximum absolute atomic E-state index is 12.5. The quantitative estimate of drug-likeness (QED) is 0.382. The maximum Gasteiger partial charge on any atom is 0.275 e. The molecule has 0 aliphatic heterocycles. The predicted molar refractivity (Wildman–Crippen MR) is 121 cm³/mol. The lowest BCUT2D eigenvalue weighted by Crippen LogP contribution is -2.17. The number of aromatic hydroxyl groups is 1. The third-order valence-corrected chi connectivity index (χ3v) is 5.20. The van der Waals surface area contributed by atoms with Gasteiger partial charge in [0.05, 0.1) is 23.4 Å². The van der Waals surface area contributed by atoms with Gasteiger partial charge < -0.3 is 9.67 Å². The monoisotopic (exact) mass is 408 g/mol. The first-order chi connectivity index (χ1) is 15.0. The Hall–Kier alpha value is -4.37. The van der Waals surface area contributed by atoms with E-state index in [2.05, 4.69) is 21.2 Å². The molecule has 6 heteroatoms. The summed E-state index contributed by atoms with van der Waals surface area (Å²) in [5.41, 5.74) is 7.01. The summed E-state index contributed by atoms with van der Waals surface area (Å²) in [6.45, 7) is 3.94. The molecule has 4 aromatic rings.